The Kier molecular flexibility index (Phi) is 6.88. The molecule has 0 atom stereocenters. The minimum Gasteiger partial charge on any atom is -0.481 e. The van der Waals surface area contributed by atoms with E-state index in [1.165, 1.54) is 6.07 Å². The summed E-state index contributed by atoms with van der Waals surface area (Å²) in [4.78, 5) is 0. The van der Waals surface area contributed by atoms with Crippen molar-refractivity contribution in [2.24, 2.45) is 0 Å². The molecule has 0 unspecified atom stereocenters. The van der Waals surface area contributed by atoms with E-state index in [-0.39, 0.29) is 17.4 Å². The molecule has 0 amide bonds. The van der Waals surface area contributed by atoms with Crippen molar-refractivity contribution in [3.8, 4) is 17.6 Å². The molecule has 1 N–H and O–H groups in total. The number of halogens is 1. The van der Waals surface area contributed by atoms with Crippen LogP contribution in [0.3, 0.4) is 0 Å². The van der Waals surface area contributed by atoms with Crippen LogP contribution in [0.4, 0.5) is 0 Å². The van der Waals surface area contributed by atoms with E-state index in [1.807, 2.05) is 24.3 Å². The lowest BCUT2D eigenvalue weighted by molar-refractivity contribution is 0.366. The minimum absolute atomic E-state index is 0.00944. The van der Waals surface area contributed by atoms with Gasteiger partial charge in [0.2, 0.25) is 0 Å². The Morgan fingerprint density at radius 3 is 2.75 bits per heavy atom. The first-order chi connectivity index (χ1) is 11.5. The van der Waals surface area contributed by atoms with Gasteiger partial charge in [-0.2, -0.15) is 4.72 Å². The SMILES string of the molecule is C=CCc1ccccc1OCC#CCNS(=O)(=O)c1ccc(Cl)s1. The van der Waals surface area contributed by atoms with Crippen LogP contribution in [-0.4, -0.2) is 21.6 Å². The number of benzene rings is 1. The molecule has 0 saturated heterocycles. The van der Waals surface area contributed by atoms with Gasteiger partial charge < -0.3 is 4.74 Å². The fourth-order valence-electron chi connectivity index (χ4n) is 1.84. The van der Waals surface area contributed by atoms with Gasteiger partial charge in [-0.05, 0) is 30.2 Å². The second-order valence-corrected chi connectivity index (χ2v) is 8.33. The fourth-order valence-corrected chi connectivity index (χ4v) is 4.29. The molecule has 0 bridgehead atoms. The van der Waals surface area contributed by atoms with Crippen LogP contribution in [0.25, 0.3) is 0 Å². The average Bonchev–Trinajstić information content (AvgIpc) is 3.00. The summed E-state index contributed by atoms with van der Waals surface area (Å²) < 4.78 is 32.5. The third-order valence-corrected chi connectivity index (χ3v) is 6.05. The molecule has 0 aliphatic rings. The van der Waals surface area contributed by atoms with Gasteiger partial charge in [0.1, 0.15) is 16.6 Å². The van der Waals surface area contributed by atoms with Gasteiger partial charge in [0.25, 0.3) is 10.0 Å². The van der Waals surface area contributed by atoms with E-state index >= 15 is 0 Å². The molecule has 1 aromatic heterocycles. The maximum Gasteiger partial charge on any atom is 0.250 e. The van der Waals surface area contributed by atoms with E-state index in [0.29, 0.717) is 10.8 Å². The molecule has 2 aromatic rings. The van der Waals surface area contributed by atoms with Crippen LogP contribution in [-0.2, 0) is 16.4 Å². The molecule has 0 aliphatic carbocycles. The van der Waals surface area contributed by atoms with E-state index in [4.69, 9.17) is 16.3 Å². The normalized spacial score (nSPS) is 10.7. The van der Waals surface area contributed by atoms with Gasteiger partial charge in [-0.3, -0.25) is 0 Å². The molecule has 0 aliphatic heterocycles. The molecule has 4 nitrogen and oxygen atoms in total. The van der Waals surface area contributed by atoms with E-state index < -0.39 is 10.0 Å². The fraction of sp³-hybridized carbons (Fsp3) is 0.176. The number of para-hydroxylation sites is 1. The molecule has 126 valence electrons. The highest BCUT2D eigenvalue weighted by molar-refractivity contribution is 7.91. The second-order valence-electron chi connectivity index (χ2n) is 4.63. The van der Waals surface area contributed by atoms with Crippen molar-refractivity contribution in [1.82, 2.24) is 4.72 Å². The smallest absolute Gasteiger partial charge is 0.250 e. The number of hydrogen-bond donors (Lipinski definition) is 1. The molecular weight excluding hydrogens is 366 g/mol. The predicted octanol–water partition coefficient (Wildman–Crippen LogP) is 3.49. The van der Waals surface area contributed by atoms with Crippen LogP contribution in [0.15, 0.2) is 53.3 Å². The quantitative estimate of drug-likeness (QED) is 0.590. The summed E-state index contributed by atoms with van der Waals surface area (Å²) in [6, 6.07) is 10.6. The van der Waals surface area contributed by atoms with E-state index in [9.17, 15) is 8.42 Å². The van der Waals surface area contributed by atoms with Crippen molar-refractivity contribution >= 4 is 33.0 Å². The molecule has 1 aromatic carbocycles. The van der Waals surface area contributed by atoms with Crippen molar-refractivity contribution < 1.29 is 13.2 Å². The maximum atomic E-state index is 11.9. The number of allylic oxidation sites excluding steroid dienone is 1. The Labute approximate surface area is 151 Å². The van der Waals surface area contributed by atoms with Crippen LogP contribution in [0.5, 0.6) is 5.75 Å². The standard InChI is InChI=1S/C17H16ClNO3S2/c1-2-7-14-8-3-4-9-15(14)22-13-6-5-12-19-24(20,21)17-11-10-16(18)23-17/h2-4,8-11,19H,1,7,12-13H2. The summed E-state index contributed by atoms with van der Waals surface area (Å²) in [5.74, 6) is 6.26. The van der Waals surface area contributed by atoms with Crippen LogP contribution < -0.4 is 9.46 Å². The second kappa shape index (κ2) is 8.90. The van der Waals surface area contributed by atoms with E-state index in [0.717, 1.165) is 22.6 Å². The van der Waals surface area contributed by atoms with Gasteiger partial charge in [0.15, 0.2) is 0 Å². The Bertz CT molecular complexity index is 863. The van der Waals surface area contributed by atoms with Crippen molar-refractivity contribution in [1.29, 1.82) is 0 Å². The Morgan fingerprint density at radius 1 is 1.25 bits per heavy atom. The van der Waals surface area contributed by atoms with Gasteiger partial charge in [0, 0.05) is 0 Å². The molecule has 7 heteroatoms. The summed E-state index contributed by atoms with van der Waals surface area (Å²) in [5, 5.41) is 0. The Hall–Kier alpha value is -1.78. The van der Waals surface area contributed by atoms with Gasteiger partial charge in [0.05, 0.1) is 10.9 Å². The van der Waals surface area contributed by atoms with Gasteiger partial charge in [-0.1, -0.05) is 47.7 Å². The largest absolute Gasteiger partial charge is 0.481 e. The lowest BCUT2D eigenvalue weighted by atomic mass is 10.1. The molecular formula is C17H16ClNO3S2. The summed E-state index contributed by atoms with van der Waals surface area (Å²) in [6.45, 7) is 3.90. The molecule has 1 heterocycles. The number of hydrogen-bond acceptors (Lipinski definition) is 4. The summed E-state index contributed by atoms with van der Waals surface area (Å²) in [5.41, 5.74) is 1.03. The average molecular weight is 382 g/mol. The number of ether oxygens (including phenoxy) is 1. The molecule has 0 radical (unpaired) electrons. The molecule has 24 heavy (non-hydrogen) atoms. The monoisotopic (exact) mass is 381 g/mol. The molecule has 0 saturated carbocycles. The van der Waals surface area contributed by atoms with Crippen molar-refractivity contribution in [2.45, 2.75) is 10.6 Å². The van der Waals surface area contributed by atoms with Gasteiger partial charge in [-0.25, -0.2) is 8.42 Å². The number of rotatable bonds is 7. The zero-order valence-electron chi connectivity index (χ0n) is 12.8. The van der Waals surface area contributed by atoms with E-state index in [1.54, 1.807) is 12.1 Å². The molecule has 2 rings (SSSR count). The molecule has 0 spiro atoms. The lowest BCUT2D eigenvalue weighted by Gasteiger charge is -2.07. The van der Waals surface area contributed by atoms with Crippen LogP contribution in [0.1, 0.15) is 5.56 Å². The highest BCUT2D eigenvalue weighted by atomic mass is 35.5. The van der Waals surface area contributed by atoms with Crippen LogP contribution in [0.2, 0.25) is 4.34 Å². The Morgan fingerprint density at radius 2 is 2.04 bits per heavy atom. The van der Waals surface area contributed by atoms with Crippen molar-refractivity contribution in [2.75, 3.05) is 13.2 Å². The molecule has 0 fully saturated rings. The lowest BCUT2D eigenvalue weighted by Crippen LogP contribution is -2.23. The van der Waals surface area contributed by atoms with Crippen molar-refractivity contribution in [3.05, 3.63) is 59.0 Å². The van der Waals surface area contributed by atoms with Crippen LogP contribution in [0, 0.1) is 11.8 Å². The zero-order chi connectivity index (χ0) is 17.4. The topological polar surface area (TPSA) is 55.4 Å². The minimum atomic E-state index is -3.56. The van der Waals surface area contributed by atoms with E-state index in [2.05, 4.69) is 23.1 Å². The number of thiophene rings is 1. The highest BCUT2D eigenvalue weighted by Gasteiger charge is 2.15. The van der Waals surface area contributed by atoms with Crippen molar-refractivity contribution in [3.63, 3.8) is 0 Å². The highest BCUT2D eigenvalue weighted by Crippen LogP contribution is 2.25. The third kappa shape index (κ3) is 5.39. The first-order valence-electron chi connectivity index (χ1n) is 7.05. The summed E-state index contributed by atoms with van der Waals surface area (Å²) in [7, 11) is -3.56. The maximum absolute atomic E-state index is 11.9. The van der Waals surface area contributed by atoms with Gasteiger partial charge in [-0.15, -0.1) is 17.9 Å². The third-order valence-electron chi connectivity index (χ3n) is 2.93. The zero-order valence-corrected chi connectivity index (χ0v) is 15.2. The summed E-state index contributed by atoms with van der Waals surface area (Å²) in [6.07, 6.45) is 2.52. The first kappa shape index (κ1) is 18.6. The first-order valence-corrected chi connectivity index (χ1v) is 9.73. The predicted molar refractivity (Wildman–Crippen MR) is 98.1 cm³/mol. The Balaban J connectivity index is 1.84. The number of nitrogens with one attached hydrogen (secondary N) is 1. The number of sulfonamides is 1. The summed E-state index contributed by atoms with van der Waals surface area (Å²) >= 11 is 6.74. The van der Waals surface area contributed by atoms with Crippen LogP contribution >= 0.6 is 22.9 Å². The van der Waals surface area contributed by atoms with Gasteiger partial charge >= 0.3 is 0 Å².